The Kier molecular flexibility index (Phi) is 9.56. The van der Waals surface area contributed by atoms with Gasteiger partial charge in [0.2, 0.25) is 5.91 Å². The Morgan fingerprint density at radius 1 is 0.744 bits per heavy atom. The number of benzene rings is 4. The predicted molar refractivity (Wildman–Crippen MR) is 150 cm³/mol. The molecule has 0 heterocycles. The molecule has 196 valence electrons. The molecule has 0 bridgehead atoms. The zero-order valence-corrected chi connectivity index (χ0v) is 21.1. The lowest BCUT2D eigenvalue weighted by atomic mass is 10.0. The molecule has 0 fully saturated rings. The summed E-state index contributed by atoms with van der Waals surface area (Å²) in [4.78, 5) is 37.4. The molecule has 0 aromatic heterocycles. The van der Waals surface area contributed by atoms with Crippen molar-refractivity contribution in [2.75, 3.05) is 11.9 Å². The Labute approximate surface area is 226 Å². The number of hydrazone groups is 1. The van der Waals surface area contributed by atoms with Gasteiger partial charge < -0.3 is 15.4 Å². The number of carbonyl (C=O) groups excluding carboxylic acids is 3. The average molecular weight is 521 g/mol. The molecule has 0 saturated carbocycles. The van der Waals surface area contributed by atoms with Gasteiger partial charge in [-0.1, -0.05) is 66.7 Å². The second-order valence-electron chi connectivity index (χ2n) is 8.57. The lowest BCUT2D eigenvalue weighted by Crippen LogP contribution is -2.32. The molecule has 4 aromatic rings. The SMILES string of the molecule is O=C(C[C@H](NC(=O)c1ccccc1)c1ccccc1)N/N=C\c1ccc(OCC(=O)Nc2ccccc2)cc1. The summed E-state index contributed by atoms with van der Waals surface area (Å²) in [6.07, 6.45) is 1.52. The van der Waals surface area contributed by atoms with Crippen molar-refractivity contribution < 1.29 is 19.1 Å². The minimum Gasteiger partial charge on any atom is -0.484 e. The van der Waals surface area contributed by atoms with Gasteiger partial charge in [-0.05, 0) is 59.7 Å². The monoisotopic (exact) mass is 520 g/mol. The van der Waals surface area contributed by atoms with Gasteiger partial charge in [0.1, 0.15) is 5.75 Å². The van der Waals surface area contributed by atoms with Crippen LogP contribution in [0.25, 0.3) is 0 Å². The third-order valence-electron chi connectivity index (χ3n) is 5.64. The van der Waals surface area contributed by atoms with Crippen molar-refractivity contribution in [2.45, 2.75) is 12.5 Å². The third kappa shape index (κ3) is 8.68. The number of hydrogen-bond donors (Lipinski definition) is 3. The van der Waals surface area contributed by atoms with E-state index in [1.807, 2.05) is 54.6 Å². The summed E-state index contributed by atoms with van der Waals surface area (Å²) in [7, 11) is 0. The Hall–Kier alpha value is -5.24. The second kappa shape index (κ2) is 13.9. The molecule has 3 amide bonds. The van der Waals surface area contributed by atoms with Crippen LogP contribution in [0.15, 0.2) is 120 Å². The molecule has 3 N–H and O–H groups in total. The second-order valence-corrected chi connectivity index (χ2v) is 8.57. The van der Waals surface area contributed by atoms with Crippen LogP contribution in [-0.2, 0) is 9.59 Å². The number of nitrogens with one attached hydrogen (secondary N) is 3. The van der Waals surface area contributed by atoms with Crippen molar-refractivity contribution in [3.05, 3.63) is 132 Å². The van der Waals surface area contributed by atoms with E-state index in [1.54, 1.807) is 60.7 Å². The Bertz CT molecular complexity index is 1390. The molecule has 0 aliphatic rings. The number of nitrogens with zero attached hydrogens (tertiary/aromatic N) is 1. The summed E-state index contributed by atoms with van der Waals surface area (Å²) >= 11 is 0. The molecule has 0 radical (unpaired) electrons. The molecular formula is C31H28N4O4. The van der Waals surface area contributed by atoms with Crippen LogP contribution in [0, 0.1) is 0 Å². The molecule has 8 heteroatoms. The molecule has 1 atom stereocenters. The smallest absolute Gasteiger partial charge is 0.262 e. The van der Waals surface area contributed by atoms with Crippen LogP contribution in [0.2, 0.25) is 0 Å². The quantitative estimate of drug-likeness (QED) is 0.196. The molecule has 4 rings (SSSR count). The van der Waals surface area contributed by atoms with Gasteiger partial charge in [-0.25, -0.2) is 5.43 Å². The largest absolute Gasteiger partial charge is 0.484 e. The van der Waals surface area contributed by atoms with Gasteiger partial charge in [-0.15, -0.1) is 0 Å². The van der Waals surface area contributed by atoms with E-state index in [-0.39, 0.29) is 30.7 Å². The lowest BCUT2D eigenvalue weighted by Gasteiger charge is -2.18. The molecule has 0 unspecified atom stereocenters. The summed E-state index contributed by atoms with van der Waals surface area (Å²) in [6.45, 7) is -0.123. The topological polar surface area (TPSA) is 109 Å². The minimum atomic E-state index is -0.523. The van der Waals surface area contributed by atoms with Crippen molar-refractivity contribution in [3.8, 4) is 5.75 Å². The Balaban J connectivity index is 1.27. The van der Waals surface area contributed by atoms with E-state index in [0.29, 0.717) is 17.0 Å². The van der Waals surface area contributed by atoms with E-state index in [4.69, 9.17) is 4.74 Å². The zero-order chi connectivity index (χ0) is 27.3. The van der Waals surface area contributed by atoms with Crippen molar-refractivity contribution in [1.29, 1.82) is 0 Å². The number of amides is 3. The van der Waals surface area contributed by atoms with Gasteiger partial charge >= 0.3 is 0 Å². The van der Waals surface area contributed by atoms with Gasteiger partial charge in [-0.2, -0.15) is 5.10 Å². The highest BCUT2D eigenvalue weighted by molar-refractivity contribution is 5.95. The van der Waals surface area contributed by atoms with Gasteiger partial charge in [0.05, 0.1) is 18.7 Å². The standard InChI is InChI=1S/C31H28N4O4/c36-29(20-28(24-10-4-1-5-11-24)34-31(38)25-12-6-2-7-13-25)35-32-21-23-16-18-27(19-17-23)39-22-30(37)33-26-14-8-3-9-15-26/h1-19,21,28H,20,22H2,(H,33,37)(H,34,38)(H,35,36)/b32-21-/t28-/m0/s1. The highest BCUT2D eigenvalue weighted by Crippen LogP contribution is 2.18. The van der Waals surface area contributed by atoms with Gasteiger partial charge in [0, 0.05) is 11.3 Å². The van der Waals surface area contributed by atoms with Gasteiger partial charge in [0.15, 0.2) is 6.61 Å². The third-order valence-corrected chi connectivity index (χ3v) is 5.64. The van der Waals surface area contributed by atoms with Gasteiger partial charge in [-0.3, -0.25) is 14.4 Å². The van der Waals surface area contributed by atoms with Crippen LogP contribution in [0.3, 0.4) is 0 Å². The van der Waals surface area contributed by atoms with Crippen LogP contribution in [-0.4, -0.2) is 30.5 Å². The van der Waals surface area contributed by atoms with Crippen LogP contribution in [0.5, 0.6) is 5.75 Å². The normalized spacial score (nSPS) is 11.4. The Morgan fingerprint density at radius 3 is 2.03 bits per heavy atom. The lowest BCUT2D eigenvalue weighted by molar-refractivity contribution is -0.121. The molecular weight excluding hydrogens is 492 g/mol. The molecule has 8 nitrogen and oxygen atoms in total. The summed E-state index contributed by atoms with van der Waals surface area (Å²) < 4.78 is 5.53. The fourth-order valence-corrected chi connectivity index (χ4v) is 3.70. The number of carbonyl (C=O) groups is 3. The maximum absolute atomic E-state index is 12.7. The summed E-state index contributed by atoms with van der Waals surface area (Å²) in [5.41, 5.74) is 5.28. The molecule has 39 heavy (non-hydrogen) atoms. The van der Waals surface area contributed by atoms with Crippen molar-refractivity contribution >= 4 is 29.6 Å². The molecule has 0 saturated heterocycles. The van der Waals surface area contributed by atoms with Crippen molar-refractivity contribution in [3.63, 3.8) is 0 Å². The zero-order valence-electron chi connectivity index (χ0n) is 21.1. The summed E-state index contributed by atoms with van der Waals surface area (Å²) in [5, 5.41) is 9.72. The number of anilines is 1. The number of rotatable bonds is 11. The molecule has 4 aromatic carbocycles. The average Bonchev–Trinajstić information content (AvgIpc) is 2.98. The Morgan fingerprint density at radius 2 is 1.36 bits per heavy atom. The van der Waals surface area contributed by atoms with Crippen LogP contribution in [0.1, 0.15) is 33.9 Å². The first-order valence-corrected chi connectivity index (χ1v) is 12.4. The first-order valence-electron chi connectivity index (χ1n) is 12.4. The number of hydrogen-bond acceptors (Lipinski definition) is 5. The van der Waals surface area contributed by atoms with Crippen molar-refractivity contribution in [1.82, 2.24) is 10.7 Å². The fourth-order valence-electron chi connectivity index (χ4n) is 3.70. The van der Waals surface area contributed by atoms with E-state index >= 15 is 0 Å². The summed E-state index contributed by atoms with van der Waals surface area (Å²) in [5.74, 6) is -0.346. The van der Waals surface area contributed by atoms with Crippen LogP contribution < -0.4 is 20.8 Å². The maximum Gasteiger partial charge on any atom is 0.262 e. The van der Waals surface area contributed by atoms with E-state index in [0.717, 1.165) is 11.1 Å². The number of ether oxygens (including phenoxy) is 1. The van der Waals surface area contributed by atoms with Crippen molar-refractivity contribution in [2.24, 2.45) is 5.10 Å². The molecule has 0 aliphatic heterocycles. The highest BCUT2D eigenvalue weighted by Gasteiger charge is 2.19. The first-order chi connectivity index (χ1) is 19.1. The predicted octanol–water partition coefficient (Wildman–Crippen LogP) is 4.72. The first kappa shape index (κ1) is 26.8. The fraction of sp³-hybridized carbons (Fsp3) is 0.0968. The van der Waals surface area contributed by atoms with E-state index in [9.17, 15) is 14.4 Å². The molecule has 0 aliphatic carbocycles. The van der Waals surface area contributed by atoms with E-state index < -0.39 is 6.04 Å². The van der Waals surface area contributed by atoms with E-state index in [1.165, 1.54) is 6.21 Å². The van der Waals surface area contributed by atoms with Crippen LogP contribution in [0.4, 0.5) is 5.69 Å². The molecule has 0 spiro atoms. The van der Waals surface area contributed by atoms with E-state index in [2.05, 4.69) is 21.2 Å². The summed E-state index contributed by atoms with van der Waals surface area (Å²) in [6, 6.07) is 33.7. The number of para-hydroxylation sites is 1. The van der Waals surface area contributed by atoms with Gasteiger partial charge in [0.25, 0.3) is 11.8 Å². The highest BCUT2D eigenvalue weighted by atomic mass is 16.5. The maximum atomic E-state index is 12.7. The van der Waals surface area contributed by atoms with Crippen LogP contribution >= 0.6 is 0 Å². The minimum absolute atomic E-state index is 0.0117.